The minimum Gasteiger partial charge on any atom is -0.493 e. The third-order valence-corrected chi connectivity index (χ3v) is 3.61. The molecule has 1 aromatic carbocycles. The Morgan fingerprint density at radius 3 is 2.75 bits per heavy atom. The lowest BCUT2D eigenvalue weighted by Gasteiger charge is -2.26. The van der Waals surface area contributed by atoms with Gasteiger partial charge in [0, 0.05) is 17.9 Å². The quantitative estimate of drug-likeness (QED) is 0.673. The second-order valence-corrected chi connectivity index (χ2v) is 5.93. The van der Waals surface area contributed by atoms with Crippen molar-refractivity contribution in [2.24, 2.45) is 0 Å². The van der Waals surface area contributed by atoms with Crippen LogP contribution in [0, 0.1) is 6.92 Å². The van der Waals surface area contributed by atoms with Crippen molar-refractivity contribution in [3.8, 4) is 5.75 Å². The first-order valence-electron chi connectivity index (χ1n) is 7.09. The summed E-state index contributed by atoms with van der Waals surface area (Å²) in [5.74, 6) is 0.989. The first-order valence-corrected chi connectivity index (χ1v) is 8.21. The van der Waals surface area contributed by atoms with Crippen LogP contribution >= 0.6 is 15.9 Å². The number of nitrogens with zero attached hydrogens (tertiary/aromatic N) is 1. The van der Waals surface area contributed by atoms with Crippen LogP contribution in [0.4, 0.5) is 0 Å². The van der Waals surface area contributed by atoms with Gasteiger partial charge in [0.15, 0.2) is 0 Å². The molecule has 0 aliphatic heterocycles. The summed E-state index contributed by atoms with van der Waals surface area (Å²) in [5, 5.41) is 0.920. The zero-order valence-electron chi connectivity index (χ0n) is 12.6. The van der Waals surface area contributed by atoms with Crippen molar-refractivity contribution in [1.82, 2.24) is 4.90 Å². The Labute approximate surface area is 130 Å². The van der Waals surface area contributed by atoms with Crippen LogP contribution in [0.15, 0.2) is 24.3 Å². The molecular formula is C16H24BrNO2. The van der Waals surface area contributed by atoms with E-state index in [1.165, 1.54) is 0 Å². The molecule has 0 aromatic heterocycles. The molecule has 1 aromatic rings. The number of alkyl halides is 1. The largest absolute Gasteiger partial charge is 0.493 e. The zero-order valence-corrected chi connectivity index (χ0v) is 14.1. The van der Waals surface area contributed by atoms with Crippen molar-refractivity contribution in [2.75, 3.05) is 18.5 Å². The van der Waals surface area contributed by atoms with Crippen LogP contribution in [0.3, 0.4) is 0 Å². The molecule has 0 aliphatic carbocycles. The fraction of sp³-hybridized carbons (Fsp3) is 0.562. The van der Waals surface area contributed by atoms with Gasteiger partial charge in [0.2, 0.25) is 5.91 Å². The van der Waals surface area contributed by atoms with Crippen LogP contribution in [0.5, 0.6) is 5.75 Å². The van der Waals surface area contributed by atoms with E-state index < -0.39 is 0 Å². The monoisotopic (exact) mass is 341 g/mol. The highest BCUT2D eigenvalue weighted by molar-refractivity contribution is 9.09. The Morgan fingerprint density at radius 1 is 1.40 bits per heavy atom. The Kier molecular flexibility index (Phi) is 7.67. The van der Waals surface area contributed by atoms with Crippen LogP contribution in [0.1, 0.15) is 32.3 Å². The maximum Gasteiger partial charge on any atom is 0.226 e. The number of carbonyl (C=O) groups is 1. The summed E-state index contributed by atoms with van der Waals surface area (Å²) in [5.41, 5.74) is 1.16. The number of halogens is 1. The highest BCUT2D eigenvalue weighted by atomic mass is 79.9. The van der Waals surface area contributed by atoms with E-state index in [4.69, 9.17) is 4.74 Å². The van der Waals surface area contributed by atoms with Gasteiger partial charge in [0.25, 0.3) is 0 Å². The van der Waals surface area contributed by atoms with Crippen molar-refractivity contribution in [3.63, 3.8) is 0 Å². The SMILES string of the molecule is Cc1cccc(OCCC(=O)N(CCCBr)C(C)C)c1. The average Bonchev–Trinajstić information content (AvgIpc) is 2.39. The second kappa shape index (κ2) is 9.01. The molecule has 0 saturated heterocycles. The van der Waals surface area contributed by atoms with E-state index >= 15 is 0 Å². The van der Waals surface area contributed by atoms with Crippen molar-refractivity contribution in [3.05, 3.63) is 29.8 Å². The first-order chi connectivity index (χ1) is 9.54. The summed E-state index contributed by atoms with van der Waals surface area (Å²) >= 11 is 3.40. The van der Waals surface area contributed by atoms with E-state index in [-0.39, 0.29) is 11.9 Å². The molecule has 1 amide bonds. The molecular weight excluding hydrogens is 318 g/mol. The Morgan fingerprint density at radius 2 is 2.15 bits per heavy atom. The number of amides is 1. The molecule has 0 fully saturated rings. The molecule has 0 bridgehead atoms. The fourth-order valence-corrected chi connectivity index (χ4v) is 2.26. The van der Waals surface area contributed by atoms with E-state index in [9.17, 15) is 4.79 Å². The van der Waals surface area contributed by atoms with Gasteiger partial charge in [-0.25, -0.2) is 0 Å². The Balaban J connectivity index is 2.41. The number of carbonyl (C=O) groups excluding carboxylic acids is 1. The molecule has 0 unspecified atom stereocenters. The summed E-state index contributed by atoms with van der Waals surface area (Å²) in [6.07, 6.45) is 1.40. The van der Waals surface area contributed by atoms with Crippen molar-refractivity contribution < 1.29 is 9.53 Å². The van der Waals surface area contributed by atoms with E-state index in [0.29, 0.717) is 13.0 Å². The number of rotatable bonds is 8. The molecule has 0 aliphatic rings. The lowest BCUT2D eigenvalue weighted by Crippen LogP contribution is -2.38. The highest BCUT2D eigenvalue weighted by Crippen LogP contribution is 2.13. The van der Waals surface area contributed by atoms with Gasteiger partial charge >= 0.3 is 0 Å². The molecule has 0 heterocycles. The van der Waals surface area contributed by atoms with E-state index in [1.807, 2.05) is 49.9 Å². The zero-order chi connectivity index (χ0) is 15.0. The molecule has 20 heavy (non-hydrogen) atoms. The third-order valence-electron chi connectivity index (χ3n) is 3.05. The summed E-state index contributed by atoms with van der Waals surface area (Å²) in [4.78, 5) is 14.1. The summed E-state index contributed by atoms with van der Waals surface area (Å²) in [6, 6.07) is 8.13. The van der Waals surface area contributed by atoms with Crippen LogP contribution < -0.4 is 4.74 Å². The second-order valence-electron chi connectivity index (χ2n) is 5.14. The summed E-state index contributed by atoms with van der Waals surface area (Å²) in [7, 11) is 0. The van der Waals surface area contributed by atoms with Gasteiger partial charge < -0.3 is 9.64 Å². The lowest BCUT2D eigenvalue weighted by molar-refractivity contribution is -0.133. The number of ether oxygens (including phenoxy) is 1. The predicted octanol–water partition coefficient (Wildman–Crippen LogP) is 3.79. The predicted molar refractivity (Wildman–Crippen MR) is 86.6 cm³/mol. The molecule has 112 valence electrons. The number of benzene rings is 1. The molecule has 1 rings (SSSR count). The average molecular weight is 342 g/mol. The van der Waals surface area contributed by atoms with Gasteiger partial charge in [0.05, 0.1) is 13.0 Å². The molecule has 3 nitrogen and oxygen atoms in total. The molecule has 0 radical (unpaired) electrons. The minimum atomic E-state index is 0.161. The molecule has 4 heteroatoms. The van der Waals surface area contributed by atoms with Crippen molar-refractivity contribution in [2.45, 2.75) is 39.7 Å². The van der Waals surface area contributed by atoms with E-state index in [1.54, 1.807) is 0 Å². The number of hydrogen-bond acceptors (Lipinski definition) is 2. The van der Waals surface area contributed by atoms with E-state index in [2.05, 4.69) is 15.9 Å². The van der Waals surface area contributed by atoms with Gasteiger partial charge in [-0.1, -0.05) is 28.1 Å². The van der Waals surface area contributed by atoms with Crippen molar-refractivity contribution >= 4 is 21.8 Å². The van der Waals surface area contributed by atoms with Gasteiger partial charge in [-0.05, 0) is 44.9 Å². The highest BCUT2D eigenvalue weighted by Gasteiger charge is 2.16. The Hall–Kier alpha value is -1.03. The first kappa shape index (κ1) is 17.0. The standard InChI is InChI=1S/C16H24BrNO2/c1-13(2)18(10-5-9-17)16(19)8-11-20-15-7-4-6-14(3)12-15/h4,6-7,12-13H,5,8-11H2,1-3H3. The van der Waals surface area contributed by atoms with Gasteiger partial charge in [-0.15, -0.1) is 0 Å². The lowest BCUT2D eigenvalue weighted by atomic mass is 10.2. The summed E-state index contributed by atoms with van der Waals surface area (Å²) in [6.45, 7) is 7.35. The van der Waals surface area contributed by atoms with Gasteiger partial charge in [-0.3, -0.25) is 4.79 Å². The molecule has 0 spiro atoms. The normalized spacial score (nSPS) is 10.7. The number of hydrogen-bond donors (Lipinski definition) is 0. The minimum absolute atomic E-state index is 0.161. The van der Waals surface area contributed by atoms with Crippen LogP contribution in [0.2, 0.25) is 0 Å². The van der Waals surface area contributed by atoms with Crippen LogP contribution in [-0.4, -0.2) is 35.3 Å². The molecule has 0 saturated carbocycles. The van der Waals surface area contributed by atoms with Crippen LogP contribution in [0.25, 0.3) is 0 Å². The van der Waals surface area contributed by atoms with E-state index in [0.717, 1.165) is 29.6 Å². The van der Waals surface area contributed by atoms with Crippen LogP contribution in [-0.2, 0) is 4.79 Å². The maximum absolute atomic E-state index is 12.2. The smallest absolute Gasteiger partial charge is 0.226 e. The molecule has 0 atom stereocenters. The third kappa shape index (κ3) is 5.95. The summed E-state index contributed by atoms with van der Waals surface area (Å²) < 4.78 is 5.64. The maximum atomic E-state index is 12.2. The van der Waals surface area contributed by atoms with Gasteiger partial charge in [0.1, 0.15) is 5.75 Å². The topological polar surface area (TPSA) is 29.5 Å². The Bertz CT molecular complexity index is 421. The molecule has 0 N–H and O–H groups in total. The number of aryl methyl sites for hydroxylation is 1. The fourth-order valence-electron chi connectivity index (χ4n) is 2.01. The van der Waals surface area contributed by atoms with Gasteiger partial charge in [-0.2, -0.15) is 0 Å². The van der Waals surface area contributed by atoms with Crippen molar-refractivity contribution in [1.29, 1.82) is 0 Å².